The largest absolute Gasteiger partial charge is 0.344 e. The average molecular weight is 355 g/mol. The normalized spacial score (nSPS) is 8.41. The molecule has 0 amide bonds. The van der Waals surface area contributed by atoms with E-state index in [4.69, 9.17) is 27.4 Å². The summed E-state index contributed by atoms with van der Waals surface area (Å²) >= 11 is 8.06. The minimum atomic E-state index is -0.276. The molecule has 17 heavy (non-hydrogen) atoms. The van der Waals surface area contributed by atoms with Crippen LogP contribution >= 0.6 is 34.2 Å². The first-order valence-corrected chi connectivity index (χ1v) is 5.74. The highest BCUT2D eigenvalue weighted by atomic mass is 127. The lowest BCUT2D eigenvalue weighted by molar-refractivity contribution is 1.37. The molecule has 1 N–H and O–H groups in total. The van der Waals surface area contributed by atoms with Crippen molar-refractivity contribution in [1.29, 1.82) is 15.8 Å². The van der Waals surface area contributed by atoms with E-state index in [0.717, 1.165) is 3.57 Å². The molecule has 0 aromatic heterocycles. The molecular weight excluding hydrogens is 351 g/mol. The number of benzene rings is 1. The summed E-state index contributed by atoms with van der Waals surface area (Å²) in [4.78, 5) is 0. The summed E-state index contributed by atoms with van der Waals surface area (Å²) in [6.07, 6.45) is 0. The van der Waals surface area contributed by atoms with E-state index in [0.29, 0.717) is 10.7 Å². The van der Waals surface area contributed by atoms with Crippen molar-refractivity contribution in [2.75, 3.05) is 5.32 Å². The van der Waals surface area contributed by atoms with Gasteiger partial charge in [0.1, 0.15) is 23.9 Å². The number of nitrogens with one attached hydrogen (secondary N) is 1. The van der Waals surface area contributed by atoms with Crippen LogP contribution in [0.25, 0.3) is 0 Å². The first kappa shape index (κ1) is 13.3. The summed E-state index contributed by atoms with van der Waals surface area (Å²) in [5, 5.41) is 29.3. The predicted octanol–water partition coefficient (Wildman–Crippen LogP) is 3.18. The topological polar surface area (TPSA) is 83.4 Å². The molecule has 1 aromatic carbocycles. The molecule has 0 aliphatic carbocycles. The van der Waals surface area contributed by atoms with Crippen molar-refractivity contribution in [2.45, 2.75) is 0 Å². The molecule has 0 saturated carbocycles. The van der Waals surface area contributed by atoms with Crippen LogP contribution in [0.5, 0.6) is 0 Å². The van der Waals surface area contributed by atoms with Gasteiger partial charge in [-0.25, -0.2) is 0 Å². The van der Waals surface area contributed by atoms with Crippen LogP contribution in [0.15, 0.2) is 29.5 Å². The van der Waals surface area contributed by atoms with E-state index in [-0.39, 0.29) is 11.3 Å². The molecule has 0 aliphatic rings. The Morgan fingerprint density at radius 3 is 2.29 bits per heavy atom. The van der Waals surface area contributed by atoms with Gasteiger partial charge in [-0.15, -0.1) is 0 Å². The number of nitriles is 3. The monoisotopic (exact) mass is 354 g/mol. The van der Waals surface area contributed by atoms with Crippen LogP contribution in [0.1, 0.15) is 0 Å². The van der Waals surface area contributed by atoms with Gasteiger partial charge in [-0.05, 0) is 40.8 Å². The fourth-order valence-electron chi connectivity index (χ4n) is 1.01. The maximum atomic E-state index is 8.85. The Kier molecular flexibility index (Phi) is 4.78. The summed E-state index contributed by atoms with van der Waals surface area (Å²) in [5.41, 5.74) is 0.0897. The van der Waals surface area contributed by atoms with Crippen LogP contribution in [-0.4, -0.2) is 0 Å². The van der Waals surface area contributed by atoms with Crippen molar-refractivity contribution < 1.29 is 0 Å². The van der Waals surface area contributed by atoms with Gasteiger partial charge >= 0.3 is 0 Å². The van der Waals surface area contributed by atoms with Crippen molar-refractivity contribution >= 4 is 39.9 Å². The van der Waals surface area contributed by atoms with E-state index in [1.54, 1.807) is 36.4 Å². The second kappa shape index (κ2) is 6.10. The van der Waals surface area contributed by atoms with Gasteiger partial charge in [0.2, 0.25) is 0 Å². The smallest absolute Gasteiger partial charge is 0.163 e. The third kappa shape index (κ3) is 3.35. The Morgan fingerprint density at radius 2 is 1.82 bits per heavy atom. The number of halogens is 2. The van der Waals surface area contributed by atoms with Crippen molar-refractivity contribution in [3.8, 4) is 18.2 Å². The highest BCUT2D eigenvalue weighted by Crippen LogP contribution is 2.25. The molecule has 82 valence electrons. The van der Waals surface area contributed by atoms with Gasteiger partial charge in [0.25, 0.3) is 0 Å². The lowest BCUT2D eigenvalue weighted by Crippen LogP contribution is -2.01. The molecule has 1 aromatic rings. The molecule has 4 nitrogen and oxygen atoms in total. The fourth-order valence-corrected chi connectivity index (χ4v) is 1.91. The van der Waals surface area contributed by atoms with Crippen molar-refractivity contribution in [3.63, 3.8) is 0 Å². The van der Waals surface area contributed by atoms with Crippen LogP contribution in [0, 0.1) is 37.6 Å². The second-order valence-electron chi connectivity index (χ2n) is 2.83. The van der Waals surface area contributed by atoms with Crippen LogP contribution in [-0.2, 0) is 0 Å². The fraction of sp³-hybridized carbons (Fsp3) is 0. The molecule has 0 unspecified atom stereocenters. The van der Waals surface area contributed by atoms with E-state index >= 15 is 0 Å². The standard InChI is InChI=1S/C11H4ClIN4/c12-9-3-8(13)1-2-10(9)17-11(6-16)7(4-14)5-15/h1-3,17H. The van der Waals surface area contributed by atoms with Gasteiger partial charge in [-0.1, -0.05) is 11.6 Å². The van der Waals surface area contributed by atoms with Gasteiger partial charge < -0.3 is 5.32 Å². The SMILES string of the molecule is N#CC(C#N)=C(C#N)Nc1ccc(I)cc1Cl. The minimum Gasteiger partial charge on any atom is -0.344 e. The minimum absolute atomic E-state index is 0.113. The van der Waals surface area contributed by atoms with Gasteiger partial charge in [-0.2, -0.15) is 15.8 Å². The summed E-state index contributed by atoms with van der Waals surface area (Å²) < 4.78 is 0.946. The zero-order valence-electron chi connectivity index (χ0n) is 8.33. The lowest BCUT2D eigenvalue weighted by atomic mass is 10.2. The average Bonchev–Trinajstić information content (AvgIpc) is 2.32. The molecule has 0 aliphatic heterocycles. The number of nitrogens with zero attached hydrogens (tertiary/aromatic N) is 3. The number of hydrogen-bond donors (Lipinski definition) is 1. The first-order valence-electron chi connectivity index (χ1n) is 4.29. The van der Waals surface area contributed by atoms with Crippen molar-refractivity contribution in [3.05, 3.63) is 38.1 Å². The maximum absolute atomic E-state index is 8.85. The second-order valence-corrected chi connectivity index (χ2v) is 4.49. The molecule has 1 rings (SSSR count). The van der Waals surface area contributed by atoms with Crippen LogP contribution in [0.3, 0.4) is 0 Å². The molecule has 0 saturated heterocycles. The van der Waals surface area contributed by atoms with E-state index in [2.05, 4.69) is 27.9 Å². The Hall–Kier alpha value is -1.75. The van der Waals surface area contributed by atoms with Gasteiger partial charge in [-0.3, -0.25) is 0 Å². The molecular formula is C11H4ClIN4. The quantitative estimate of drug-likeness (QED) is 0.653. The zero-order valence-corrected chi connectivity index (χ0v) is 11.2. The summed E-state index contributed by atoms with van der Waals surface area (Å²) in [7, 11) is 0. The van der Waals surface area contributed by atoms with Crippen LogP contribution < -0.4 is 5.32 Å². The summed E-state index contributed by atoms with van der Waals surface area (Å²) in [6, 6.07) is 10.2. The van der Waals surface area contributed by atoms with Crippen molar-refractivity contribution in [2.24, 2.45) is 0 Å². The Bertz CT molecular complexity index is 585. The molecule has 6 heteroatoms. The first-order chi connectivity index (χ1) is 8.12. The lowest BCUT2D eigenvalue weighted by Gasteiger charge is -2.06. The summed E-state index contributed by atoms with van der Waals surface area (Å²) in [5.74, 6) is 0. The van der Waals surface area contributed by atoms with E-state index < -0.39 is 0 Å². The molecule has 0 spiro atoms. The number of anilines is 1. The van der Waals surface area contributed by atoms with E-state index in [1.165, 1.54) is 0 Å². The molecule has 0 bridgehead atoms. The third-order valence-electron chi connectivity index (χ3n) is 1.78. The van der Waals surface area contributed by atoms with E-state index in [9.17, 15) is 0 Å². The van der Waals surface area contributed by atoms with Gasteiger partial charge in [0.15, 0.2) is 5.57 Å². The van der Waals surface area contributed by atoms with E-state index in [1.807, 2.05) is 0 Å². The molecule has 0 fully saturated rings. The summed E-state index contributed by atoms with van der Waals surface area (Å²) in [6.45, 7) is 0. The van der Waals surface area contributed by atoms with Gasteiger partial charge in [0, 0.05) is 3.57 Å². The molecule has 0 atom stereocenters. The zero-order chi connectivity index (χ0) is 12.8. The Labute approximate surface area is 117 Å². The highest BCUT2D eigenvalue weighted by Gasteiger charge is 2.08. The number of allylic oxidation sites excluding steroid dienone is 2. The van der Waals surface area contributed by atoms with Gasteiger partial charge in [0.05, 0.1) is 10.7 Å². The van der Waals surface area contributed by atoms with Crippen LogP contribution in [0.4, 0.5) is 5.69 Å². The van der Waals surface area contributed by atoms with Crippen molar-refractivity contribution in [1.82, 2.24) is 0 Å². The predicted molar refractivity (Wildman–Crippen MR) is 71.7 cm³/mol. The number of rotatable bonds is 2. The maximum Gasteiger partial charge on any atom is 0.163 e. The molecule has 0 heterocycles. The Balaban J connectivity index is 3.16. The number of hydrogen-bond acceptors (Lipinski definition) is 4. The van der Waals surface area contributed by atoms with Crippen LogP contribution in [0.2, 0.25) is 5.02 Å². The highest BCUT2D eigenvalue weighted by molar-refractivity contribution is 14.1. The Morgan fingerprint density at radius 1 is 1.18 bits per heavy atom. The molecule has 0 radical (unpaired) electrons. The third-order valence-corrected chi connectivity index (χ3v) is 2.76.